The number of rotatable bonds is 6. The van der Waals surface area contributed by atoms with Gasteiger partial charge >= 0.3 is 0 Å². The molecule has 0 atom stereocenters. The van der Waals surface area contributed by atoms with E-state index in [2.05, 4.69) is 16.0 Å². The highest BCUT2D eigenvalue weighted by Gasteiger charge is 2.35. The molecule has 0 unspecified atom stereocenters. The van der Waals surface area contributed by atoms with Crippen molar-refractivity contribution in [2.75, 3.05) is 10.6 Å². The average molecular weight is 441 g/mol. The molecule has 0 bridgehead atoms. The maximum Gasteiger partial charge on any atom is 0.259 e. The summed E-state index contributed by atoms with van der Waals surface area (Å²) in [7, 11) is 3.68. The molecule has 33 heavy (non-hydrogen) atoms. The van der Waals surface area contributed by atoms with Crippen LogP contribution in [0.4, 0.5) is 11.4 Å². The standard InChI is InChI=1S/C24H19N5O4/c1-28-9-17(15-5-3-13(25-11-30)7-19(15)28)21-22(24(33)27-23(21)32)18-10-29(2)20-8-14(26-12-31)4-6-16(18)20/h3-12H,1-2H3,(H,25,30)(H,26,31)(H,27,32,33). The molecule has 0 fully saturated rings. The summed E-state index contributed by atoms with van der Waals surface area (Å²) in [6.07, 6.45) is 4.82. The number of amides is 4. The Kier molecular flexibility index (Phi) is 4.59. The van der Waals surface area contributed by atoms with Gasteiger partial charge in [0.05, 0.1) is 22.2 Å². The first kappa shape index (κ1) is 20.3. The third-order valence-electron chi connectivity index (χ3n) is 5.90. The molecule has 1 aliphatic heterocycles. The number of nitrogens with zero attached hydrogens (tertiary/aromatic N) is 2. The van der Waals surface area contributed by atoms with E-state index in [1.807, 2.05) is 47.5 Å². The van der Waals surface area contributed by atoms with Crippen molar-refractivity contribution in [2.45, 2.75) is 0 Å². The summed E-state index contributed by atoms with van der Waals surface area (Å²) in [6.45, 7) is 0. The van der Waals surface area contributed by atoms with E-state index in [1.54, 1.807) is 24.5 Å². The third kappa shape index (κ3) is 3.09. The molecular weight excluding hydrogens is 422 g/mol. The number of aromatic nitrogens is 2. The van der Waals surface area contributed by atoms with Gasteiger partial charge in [0.2, 0.25) is 12.8 Å². The van der Waals surface area contributed by atoms with Gasteiger partial charge in [-0.1, -0.05) is 12.1 Å². The molecule has 3 N–H and O–H groups in total. The number of benzene rings is 2. The van der Waals surface area contributed by atoms with Crippen molar-refractivity contribution >= 4 is 69.0 Å². The van der Waals surface area contributed by atoms with Gasteiger partial charge in [0, 0.05) is 59.8 Å². The predicted molar refractivity (Wildman–Crippen MR) is 125 cm³/mol. The van der Waals surface area contributed by atoms with Crippen molar-refractivity contribution in [3.05, 3.63) is 59.9 Å². The van der Waals surface area contributed by atoms with Crippen LogP contribution < -0.4 is 16.0 Å². The van der Waals surface area contributed by atoms with Gasteiger partial charge < -0.3 is 19.8 Å². The van der Waals surface area contributed by atoms with Crippen LogP contribution in [0.5, 0.6) is 0 Å². The van der Waals surface area contributed by atoms with Gasteiger partial charge in [0.1, 0.15) is 0 Å². The molecule has 0 saturated heterocycles. The van der Waals surface area contributed by atoms with E-state index in [9.17, 15) is 19.2 Å². The number of anilines is 2. The first-order chi connectivity index (χ1) is 15.9. The maximum atomic E-state index is 13.0. The zero-order valence-electron chi connectivity index (χ0n) is 17.8. The monoisotopic (exact) mass is 441 g/mol. The summed E-state index contributed by atoms with van der Waals surface area (Å²) >= 11 is 0. The Morgan fingerprint density at radius 2 is 1.15 bits per heavy atom. The van der Waals surface area contributed by atoms with E-state index in [0.717, 1.165) is 21.8 Å². The number of fused-ring (bicyclic) bond motifs is 2. The summed E-state index contributed by atoms with van der Waals surface area (Å²) in [6, 6.07) is 10.7. The smallest absolute Gasteiger partial charge is 0.259 e. The Bertz CT molecular complexity index is 1430. The van der Waals surface area contributed by atoms with Crippen LogP contribution in [-0.4, -0.2) is 33.8 Å². The Morgan fingerprint density at radius 1 is 0.727 bits per heavy atom. The van der Waals surface area contributed by atoms with E-state index >= 15 is 0 Å². The molecule has 164 valence electrons. The van der Waals surface area contributed by atoms with Crippen LogP contribution in [-0.2, 0) is 33.3 Å². The molecule has 3 heterocycles. The van der Waals surface area contributed by atoms with Gasteiger partial charge in [-0.05, 0) is 24.3 Å². The van der Waals surface area contributed by atoms with E-state index in [0.29, 0.717) is 46.5 Å². The summed E-state index contributed by atoms with van der Waals surface area (Å²) in [5.74, 6) is -0.928. The lowest BCUT2D eigenvalue weighted by molar-refractivity contribution is -0.122. The predicted octanol–water partition coefficient (Wildman–Crippen LogP) is 2.37. The summed E-state index contributed by atoms with van der Waals surface area (Å²) in [4.78, 5) is 47.6. The van der Waals surface area contributed by atoms with Gasteiger partial charge in [0.15, 0.2) is 0 Å². The van der Waals surface area contributed by atoms with Crippen molar-refractivity contribution in [2.24, 2.45) is 14.1 Å². The highest BCUT2D eigenvalue weighted by Crippen LogP contribution is 2.39. The first-order valence-corrected chi connectivity index (χ1v) is 10.1. The van der Waals surface area contributed by atoms with Gasteiger partial charge in [-0.2, -0.15) is 0 Å². The fraction of sp³-hybridized carbons (Fsp3) is 0.0833. The molecule has 4 amide bonds. The van der Waals surface area contributed by atoms with Crippen molar-refractivity contribution in [3.8, 4) is 0 Å². The lowest BCUT2D eigenvalue weighted by atomic mass is 9.95. The summed E-state index contributed by atoms with van der Waals surface area (Å²) in [5, 5.41) is 9.25. The highest BCUT2D eigenvalue weighted by molar-refractivity contribution is 6.50. The quantitative estimate of drug-likeness (QED) is 0.315. The Labute approximate surface area is 187 Å². The second-order valence-corrected chi connectivity index (χ2v) is 7.83. The first-order valence-electron chi connectivity index (χ1n) is 10.1. The molecule has 0 saturated carbocycles. The van der Waals surface area contributed by atoms with Crippen LogP contribution in [0.25, 0.3) is 33.0 Å². The number of carbonyl (C=O) groups excluding carboxylic acids is 4. The van der Waals surface area contributed by atoms with Gasteiger partial charge in [0.25, 0.3) is 11.8 Å². The molecular formula is C24H19N5O4. The summed E-state index contributed by atoms with van der Waals surface area (Å²) < 4.78 is 3.70. The zero-order valence-corrected chi connectivity index (χ0v) is 17.8. The lowest BCUT2D eigenvalue weighted by Crippen LogP contribution is -2.22. The molecule has 0 radical (unpaired) electrons. The second kappa shape index (κ2) is 7.49. The average Bonchev–Trinajstić information content (AvgIpc) is 3.39. The Hall–Kier alpha value is -4.66. The number of nitrogens with one attached hydrogen (secondary N) is 3. The van der Waals surface area contributed by atoms with E-state index in [1.165, 1.54) is 0 Å². The van der Waals surface area contributed by atoms with Crippen LogP contribution >= 0.6 is 0 Å². The van der Waals surface area contributed by atoms with Crippen molar-refractivity contribution in [1.29, 1.82) is 0 Å². The number of carbonyl (C=O) groups is 4. The third-order valence-corrected chi connectivity index (χ3v) is 5.90. The maximum absolute atomic E-state index is 13.0. The minimum absolute atomic E-state index is 0.296. The zero-order chi connectivity index (χ0) is 23.3. The molecule has 0 aliphatic carbocycles. The Balaban J connectivity index is 1.76. The number of hydrogen-bond donors (Lipinski definition) is 3. The molecule has 1 aliphatic rings. The molecule has 5 rings (SSSR count). The highest BCUT2D eigenvalue weighted by atomic mass is 16.2. The topological polar surface area (TPSA) is 114 Å². The fourth-order valence-corrected chi connectivity index (χ4v) is 4.45. The van der Waals surface area contributed by atoms with Crippen LogP contribution in [0, 0.1) is 0 Å². The summed E-state index contributed by atoms with van der Waals surface area (Å²) in [5.41, 5.74) is 4.70. The largest absolute Gasteiger partial charge is 0.350 e. The second-order valence-electron chi connectivity index (χ2n) is 7.83. The Morgan fingerprint density at radius 3 is 1.55 bits per heavy atom. The fourth-order valence-electron chi connectivity index (χ4n) is 4.45. The van der Waals surface area contributed by atoms with Crippen molar-refractivity contribution < 1.29 is 19.2 Å². The minimum Gasteiger partial charge on any atom is -0.350 e. The van der Waals surface area contributed by atoms with Crippen LogP contribution in [0.3, 0.4) is 0 Å². The van der Waals surface area contributed by atoms with Crippen molar-refractivity contribution in [1.82, 2.24) is 14.5 Å². The van der Waals surface area contributed by atoms with Crippen LogP contribution in [0.2, 0.25) is 0 Å². The van der Waals surface area contributed by atoms with E-state index in [4.69, 9.17) is 0 Å². The van der Waals surface area contributed by atoms with E-state index in [-0.39, 0.29) is 0 Å². The van der Waals surface area contributed by atoms with Crippen molar-refractivity contribution in [3.63, 3.8) is 0 Å². The number of hydrogen-bond acceptors (Lipinski definition) is 4. The van der Waals surface area contributed by atoms with Crippen LogP contribution in [0.1, 0.15) is 11.1 Å². The van der Waals surface area contributed by atoms with Gasteiger partial charge in [-0.15, -0.1) is 0 Å². The minimum atomic E-state index is -0.464. The SMILES string of the molecule is Cn1cc(C2=C(c3cn(C)c4cc(NC=O)ccc34)C(=O)NC2=O)c2ccc(NC=O)cc21. The number of imide groups is 1. The lowest BCUT2D eigenvalue weighted by Gasteiger charge is -2.04. The normalized spacial score (nSPS) is 13.6. The molecule has 2 aromatic heterocycles. The number of aryl methyl sites for hydroxylation is 2. The van der Waals surface area contributed by atoms with Gasteiger partial charge in [-0.25, -0.2) is 0 Å². The molecule has 0 spiro atoms. The van der Waals surface area contributed by atoms with Crippen LogP contribution in [0.15, 0.2) is 48.8 Å². The van der Waals surface area contributed by atoms with Gasteiger partial charge in [-0.3, -0.25) is 24.5 Å². The molecule has 2 aromatic carbocycles. The molecule has 4 aromatic rings. The molecule has 9 heteroatoms. The molecule has 9 nitrogen and oxygen atoms in total. The van der Waals surface area contributed by atoms with E-state index < -0.39 is 11.8 Å².